The van der Waals surface area contributed by atoms with E-state index in [1.54, 1.807) is 12.1 Å². The van der Waals surface area contributed by atoms with E-state index in [1.807, 2.05) is 0 Å². The highest BCUT2D eigenvalue weighted by Crippen LogP contribution is 2.41. The molecule has 1 aromatic carbocycles. The molecule has 8 nitrogen and oxygen atoms in total. The van der Waals surface area contributed by atoms with Crippen LogP contribution in [0.3, 0.4) is 0 Å². The number of halogens is 3. The Hall–Kier alpha value is -3.41. The Morgan fingerprint density at radius 1 is 1.09 bits per heavy atom. The third kappa shape index (κ3) is 6.34. The summed E-state index contributed by atoms with van der Waals surface area (Å²) in [5.74, 6) is 1.34. The van der Waals surface area contributed by atoms with Crippen LogP contribution in [0.4, 0.5) is 13.2 Å². The Bertz CT molecular complexity index is 1100. The molecule has 2 heterocycles. The fourth-order valence-electron chi connectivity index (χ4n) is 2.93. The summed E-state index contributed by atoms with van der Waals surface area (Å²) in [6.45, 7) is 0.224. The van der Waals surface area contributed by atoms with Gasteiger partial charge in [0.25, 0.3) is 0 Å². The number of nitrogens with zero attached hydrogens (tertiary/aromatic N) is 2. The minimum absolute atomic E-state index is 0.0198. The quantitative estimate of drug-likeness (QED) is 0.321. The molecule has 3 rings (SSSR count). The van der Waals surface area contributed by atoms with Crippen LogP contribution in [0.25, 0.3) is 11.3 Å². The third-order valence-corrected chi connectivity index (χ3v) is 5.41. The van der Waals surface area contributed by atoms with E-state index in [0.717, 1.165) is 17.8 Å². The maximum Gasteiger partial charge on any atom is 0.433 e. The molecule has 0 unspecified atom stereocenters. The standard InChI is InChI=1S/C22H22F3N3O5S/c1-30-16-9-13(10-17(31-2)20(16)32-3)15-11-18(22(23,24)25)28-21(27-15)34-8-6-19(29)26-12-14-5-4-7-33-14/h4-5,7,9-11H,6,8,12H2,1-3H3,(H,26,29). The monoisotopic (exact) mass is 497 g/mol. The molecule has 12 heteroatoms. The summed E-state index contributed by atoms with van der Waals surface area (Å²) >= 11 is 0.945. The van der Waals surface area contributed by atoms with Crippen LogP contribution in [0.15, 0.2) is 46.2 Å². The second kappa shape index (κ2) is 11.1. The van der Waals surface area contributed by atoms with E-state index in [0.29, 0.717) is 17.1 Å². The second-order valence-electron chi connectivity index (χ2n) is 6.79. The molecule has 0 atom stereocenters. The first kappa shape index (κ1) is 25.2. The van der Waals surface area contributed by atoms with Gasteiger partial charge in [-0.2, -0.15) is 13.2 Å². The SMILES string of the molecule is COc1cc(-c2cc(C(F)(F)F)nc(SCCC(=O)NCc3ccco3)n2)cc(OC)c1OC. The number of nitrogens with one attached hydrogen (secondary N) is 1. The smallest absolute Gasteiger partial charge is 0.433 e. The topological polar surface area (TPSA) is 95.7 Å². The molecule has 34 heavy (non-hydrogen) atoms. The largest absolute Gasteiger partial charge is 0.493 e. The van der Waals surface area contributed by atoms with E-state index in [4.69, 9.17) is 18.6 Å². The zero-order valence-electron chi connectivity index (χ0n) is 18.6. The number of hydrogen-bond acceptors (Lipinski definition) is 8. The molecule has 0 aliphatic heterocycles. The van der Waals surface area contributed by atoms with Crippen molar-refractivity contribution in [3.63, 3.8) is 0 Å². The third-order valence-electron chi connectivity index (χ3n) is 4.56. The highest BCUT2D eigenvalue weighted by atomic mass is 32.2. The molecule has 1 amide bonds. The number of benzene rings is 1. The van der Waals surface area contributed by atoms with Gasteiger partial charge in [-0.25, -0.2) is 9.97 Å². The number of rotatable bonds is 10. The fourth-order valence-corrected chi connectivity index (χ4v) is 3.73. The van der Waals surface area contributed by atoms with Crippen molar-refractivity contribution in [1.82, 2.24) is 15.3 Å². The first-order valence-electron chi connectivity index (χ1n) is 9.93. The number of aromatic nitrogens is 2. The lowest BCUT2D eigenvalue weighted by Gasteiger charge is -2.15. The molecule has 0 radical (unpaired) electrons. The maximum atomic E-state index is 13.5. The van der Waals surface area contributed by atoms with Crippen LogP contribution in [0.5, 0.6) is 17.2 Å². The van der Waals surface area contributed by atoms with Gasteiger partial charge in [0.15, 0.2) is 16.7 Å². The molecule has 0 aliphatic rings. The lowest BCUT2D eigenvalue weighted by Crippen LogP contribution is -2.22. The maximum absolute atomic E-state index is 13.5. The van der Waals surface area contributed by atoms with Crippen LogP contribution in [-0.4, -0.2) is 43.0 Å². The van der Waals surface area contributed by atoms with Crippen LogP contribution in [-0.2, 0) is 17.5 Å². The van der Waals surface area contributed by atoms with Gasteiger partial charge in [-0.3, -0.25) is 4.79 Å². The van der Waals surface area contributed by atoms with Gasteiger partial charge in [-0.1, -0.05) is 11.8 Å². The molecule has 0 fully saturated rings. The zero-order chi connectivity index (χ0) is 24.7. The molecular formula is C22H22F3N3O5S. The average Bonchev–Trinajstić information content (AvgIpc) is 3.34. The van der Waals surface area contributed by atoms with Gasteiger partial charge in [-0.05, 0) is 30.3 Å². The van der Waals surface area contributed by atoms with Crippen molar-refractivity contribution < 1.29 is 36.6 Å². The number of ether oxygens (including phenoxy) is 3. The minimum atomic E-state index is -4.69. The predicted octanol–water partition coefficient (Wildman–Crippen LogP) is 4.58. The Kier molecular flexibility index (Phi) is 8.26. The number of alkyl halides is 3. The number of amides is 1. The number of carbonyl (C=O) groups excluding carboxylic acids is 1. The highest BCUT2D eigenvalue weighted by Gasteiger charge is 2.34. The molecule has 0 saturated carbocycles. The van der Waals surface area contributed by atoms with Gasteiger partial charge in [0.05, 0.1) is 39.8 Å². The molecule has 1 N–H and O–H groups in total. The van der Waals surface area contributed by atoms with Crippen molar-refractivity contribution in [2.45, 2.75) is 24.3 Å². The predicted molar refractivity (Wildman–Crippen MR) is 118 cm³/mol. The lowest BCUT2D eigenvalue weighted by molar-refractivity contribution is -0.141. The molecule has 0 aliphatic carbocycles. The summed E-state index contributed by atoms with van der Waals surface area (Å²) in [4.78, 5) is 19.9. The highest BCUT2D eigenvalue weighted by molar-refractivity contribution is 7.99. The van der Waals surface area contributed by atoms with Crippen molar-refractivity contribution in [2.24, 2.45) is 0 Å². The molecule has 182 valence electrons. The van der Waals surface area contributed by atoms with Gasteiger partial charge in [0, 0.05) is 17.7 Å². The van der Waals surface area contributed by atoms with Crippen LogP contribution in [0.2, 0.25) is 0 Å². The van der Waals surface area contributed by atoms with E-state index in [2.05, 4.69) is 15.3 Å². The van der Waals surface area contributed by atoms with E-state index >= 15 is 0 Å². The van der Waals surface area contributed by atoms with E-state index < -0.39 is 11.9 Å². The number of furan rings is 1. The minimum Gasteiger partial charge on any atom is -0.493 e. The van der Waals surface area contributed by atoms with Gasteiger partial charge in [0.1, 0.15) is 11.5 Å². The van der Waals surface area contributed by atoms with Crippen molar-refractivity contribution in [2.75, 3.05) is 27.1 Å². The number of thioether (sulfide) groups is 1. The summed E-state index contributed by atoms with van der Waals surface area (Å²) in [5.41, 5.74) is -0.761. The summed E-state index contributed by atoms with van der Waals surface area (Å²) in [6.07, 6.45) is -3.13. The van der Waals surface area contributed by atoms with Crippen LogP contribution < -0.4 is 19.5 Å². The Balaban J connectivity index is 1.81. The molecule has 0 bridgehead atoms. The first-order valence-corrected chi connectivity index (χ1v) is 10.9. The Labute approximate surface area is 197 Å². The molecule has 0 saturated heterocycles. The molecule has 0 spiro atoms. The van der Waals surface area contributed by atoms with Gasteiger partial charge >= 0.3 is 6.18 Å². The molecule has 2 aromatic heterocycles. The number of methoxy groups -OCH3 is 3. The van der Waals surface area contributed by atoms with Crippen LogP contribution >= 0.6 is 11.8 Å². The van der Waals surface area contributed by atoms with Gasteiger partial charge in [0.2, 0.25) is 11.7 Å². The number of carbonyl (C=O) groups is 1. The second-order valence-corrected chi connectivity index (χ2v) is 7.85. The Morgan fingerprint density at radius 2 is 1.79 bits per heavy atom. The summed E-state index contributed by atoms with van der Waals surface area (Å²) < 4.78 is 61.5. The van der Waals surface area contributed by atoms with E-state index in [9.17, 15) is 18.0 Å². The van der Waals surface area contributed by atoms with Crippen molar-refractivity contribution >= 4 is 17.7 Å². The van der Waals surface area contributed by atoms with Gasteiger partial charge < -0.3 is 23.9 Å². The summed E-state index contributed by atoms with van der Waals surface area (Å²) in [7, 11) is 4.23. The zero-order valence-corrected chi connectivity index (χ0v) is 19.4. The average molecular weight is 497 g/mol. The van der Waals surface area contributed by atoms with Crippen molar-refractivity contribution in [3.8, 4) is 28.5 Å². The van der Waals surface area contributed by atoms with Crippen molar-refractivity contribution in [3.05, 3.63) is 48.0 Å². The van der Waals surface area contributed by atoms with Crippen LogP contribution in [0, 0.1) is 0 Å². The lowest BCUT2D eigenvalue weighted by atomic mass is 10.1. The Morgan fingerprint density at radius 3 is 2.35 bits per heavy atom. The normalized spacial score (nSPS) is 11.2. The first-order chi connectivity index (χ1) is 16.2. The fraction of sp³-hybridized carbons (Fsp3) is 0.318. The van der Waals surface area contributed by atoms with E-state index in [-0.39, 0.29) is 47.0 Å². The van der Waals surface area contributed by atoms with Crippen molar-refractivity contribution in [1.29, 1.82) is 0 Å². The van der Waals surface area contributed by atoms with Gasteiger partial charge in [-0.15, -0.1) is 0 Å². The van der Waals surface area contributed by atoms with Crippen LogP contribution in [0.1, 0.15) is 17.9 Å². The van der Waals surface area contributed by atoms with E-state index in [1.165, 1.54) is 39.7 Å². The summed E-state index contributed by atoms with van der Waals surface area (Å²) in [5, 5.41) is 2.56. The summed E-state index contributed by atoms with van der Waals surface area (Å²) in [6, 6.07) is 7.27. The molecule has 3 aromatic rings. The molecular weight excluding hydrogens is 475 g/mol. The number of hydrogen-bond donors (Lipinski definition) is 1.